The van der Waals surface area contributed by atoms with E-state index < -0.39 is 33.5 Å². The fourth-order valence-corrected chi connectivity index (χ4v) is 4.32. The van der Waals surface area contributed by atoms with Crippen molar-refractivity contribution in [2.45, 2.75) is 11.1 Å². The topological polar surface area (TPSA) is 87.6 Å². The van der Waals surface area contributed by atoms with Gasteiger partial charge in [-0.25, -0.2) is 4.39 Å². The second kappa shape index (κ2) is 7.43. The van der Waals surface area contributed by atoms with Gasteiger partial charge in [0.2, 0.25) is 5.91 Å². The number of nitrogens with zero attached hydrogens (tertiary/aromatic N) is 1. The number of carbonyl (C=O) groups excluding carboxylic acids is 1. The van der Waals surface area contributed by atoms with Gasteiger partial charge in [0.25, 0.3) is 10.0 Å². The van der Waals surface area contributed by atoms with E-state index >= 15 is 0 Å². The van der Waals surface area contributed by atoms with Gasteiger partial charge >= 0.3 is 6.18 Å². The van der Waals surface area contributed by atoms with Gasteiger partial charge in [-0.15, -0.1) is 4.40 Å². The molecule has 1 aliphatic rings. The van der Waals surface area contributed by atoms with Gasteiger partial charge in [-0.2, -0.15) is 21.6 Å². The summed E-state index contributed by atoms with van der Waals surface area (Å²) in [6, 6.07) is 7.22. The van der Waals surface area contributed by atoms with Crippen LogP contribution in [0.4, 0.5) is 28.9 Å². The summed E-state index contributed by atoms with van der Waals surface area (Å²) in [6.07, 6.45) is -4.54. The lowest BCUT2D eigenvalue weighted by molar-refractivity contribution is -0.137. The van der Waals surface area contributed by atoms with Crippen LogP contribution in [0.3, 0.4) is 0 Å². The maximum Gasteiger partial charge on any atom is 0.416 e. The summed E-state index contributed by atoms with van der Waals surface area (Å²) in [7, 11) is -4.13. The van der Waals surface area contributed by atoms with Crippen LogP contribution in [-0.4, -0.2) is 25.2 Å². The van der Waals surface area contributed by atoms with E-state index in [1.165, 1.54) is 12.1 Å². The van der Waals surface area contributed by atoms with Crippen LogP contribution >= 0.6 is 11.8 Å². The Morgan fingerprint density at radius 2 is 1.93 bits per heavy atom. The standard InChI is InChI=1S/C16H11F4N3O3S2/c17-10-4-5-12-13(7-10)28(25,26)23-15(22-12)27-8-14(24)21-11-3-1-2-9(6-11)16(18,19)20/h1-7H,8H2,(H,21,24)(H,22,23). The molecule has 0 unspecified atom stereocenters. The second-order valence-electron chi connectivity index (χ2n) is 5.55. The Hall–Kier alpha value is -2.60. The summed E-state index contributed by atoms with van der Waals surface area (Å²) in [5.41, 5.74) is -0.851. The number of anilines is 2. The Kier molecular flexibility index (Phi) is 5.35. The number of amides is 1. The normalized spacial score (nSPS) is 15.2. The van der Waals surface area contributed by atoms with Gasteiger partial charge in [0.05, 0.1) is 17.0 Å². The molecule has 0 bridgehead atoms. The fourth-order valence-electron chi connectivity index (χ4n) is 2.28. The molecular formula is C16H11F4N3O3S2. The first-order chi connectivity index (χ1) is 13.0. The van der Waals surface area contributed by atoms with Gasteiger partial charge < -0.3 is 10.6 Å². The van der Waals surface area contributed by atoms with Crippen LogP contribution in [0.25, 0.3) is 0 Å². The minimum absolute atomic E-state index is 0.0487. The molecular weight excluding hydrogens is 422 g/mol. The van der Waals surface area contributed by atoms with Crippen LogP contribution in [0.15, 0.2) is 51.8 Å². The highest BCUT2D eigenvalue weighted by Gasteiger charge is 2.30. The smallest absolute Gasteiger partial charge is 0.333 e. The molecule has 0 atom stereocenters. The number of halogens is 4. The number of nitrogens with one attached hydrogen (secondary N) is 2. The van der Waals surface area contributed by atoms with E-state index in [1.807, 2.05) is 0 Å². The maximum atomic E-state index is 13.2. The van der Waals surface area contributed by atoms with E-state index in [-0.39, 0.29) is 27.2 Å². The molecule has 2 aromatic rings. The van der Waals surface area contributed by atoms with E-state index in [9.17, 15) is 30.8 Å². The molecule has 1 aliphatic heterocycles. The summed E-state index contributed by atoms with van der Waals surface area (Å²) < 4.78 is 79.0. The Morgan fingerprint density at radius 1 is 1.18 bits per heavy atom. The van der Waals surface area contributed by atoms with Crippen molar-refractivity contribution in [1.29, 1.82) is 0 Å². The lowest BCUT2D eigenvalue weighted by Gasteiger charge is -2.17. The lowest BCUT2D eigenvalue weighted by Crippen LogP contribution is -2.22. The number of thioether (sulfide) groups is 1. The zero-order valence-electron chi connectivity index (χ0n) is 13.7. The van der Waals surface area contributed by atoms with Crippen molar-refractivity contribution in [3.8, 4) is 0 Å². The molecule has 0 saturated heterocycles. The van der Waals surface area contributed by atoms with E-state index in [0.717, 1.165) is 42.1 Å². The van der Waals surface area contributed by atoms with Gasteiger partial charge in [0, 0.05) is 5.69 Å². The van der Waals surface area contributed by atoms with Gasteiger partial charge in [-0.3, -0.25) is 4.79 Å². The number of hydrogen-bond donors (Lipinski definition) is 2. The third-order valence-electron chi connectivity index (χ3n) is 3.48. The summed E-state index contributed by atoms with van der Waals surface area (Å²) in [5.74, 6) is -1.71. The molecule has 0 radical (unpaired) electrons. The highest BCUT2D eigenvalue weighted by atomic mass is 32.2. The van der Waals surface area contributed by atoms with Crippen LogP contribution < -0.4 is 10.6 Å². The molecule has 6 nitrogen and oxygen atoms in total. The average molecular weight is 433 g/mol. The number of fused-ring (bicyclic) bond motifs is 1. The second-order valence-corrected chi connectivity index (χ2v) is 8.09. The largest absolute Gasteiger partial charge is 0.416 e. The minimum Gasteiger partial charge on any atom is -0.333 e. The third kappa shape index (κ3) is 4.62. The van der Waals surface area contributed by atoms with Gasteiger partial charge in [0.1, 0.15) is 10.7 Å². The molecule has 0 aromatic heterocycles. The van der Waals surface area contributed by atoms with Gasteiger partial charge in [-0.1, -0.05) is 17.8 Å². The van der Waals surface area contributed by atoms with Crippen molar-refractivity contribution in [3.63, 3.8) is 0 Å². The summed E-state index contributed by atoms with van der Waals surface area (Å²) in [5, 5.41) is 4.85. The Morgan fingerprint density at radius 3 is 2.64 bits per heavy atom. The highest BCUT2D eigenvalue weighted by molar-refractivity contribution is 8.15. The van der Waals surface area contributed by atoms with E-state index in [4.69, 9.17) is 0 Å². The molecule has 1 amide bonds. The summed E-state index contributed by atoms with van der Waals surface area (Å²) >= 11 is 0.736. The van der Waals surface area contributed by atoms with Crippen LogP contribution in [0.5, 0.6) is 0 Å². The predicted octanol–water partition coefficient (Wildman–Crippen LogP) is 3.69. The van der Waals surface area contributed by atoms with E-state index in [0.29, 0.717) is 0 Å². The van der Waals surface area contributed by atoms with E-state index in [1.54, 1.807) is 0 Å². The van der Waals surface area contributed by atoms with Crippen molar-refractivity contribution >= 4 is 44.2 Å². The SMILES string of the molecule is O=C(CSC1=NS(=O)(=O)c2cc(F)ccc2N1)Nc1cccc(C(F)(F)F)c1. The molecule has 2 aromatic carbocycles. The number of benzene rings is 2. The summed E-state index contributed by atoms with van der Waals surface area (Å²) in [6.45, 7) is 0. The van der Waals surface area contributed by atoms with Crippen LogP contribution in [0, 0.1) is 5.82 Å². The molecule has 2 N–H and O–H groups in total. The average Bonchev–Trinajstić information content (AvgIpc) is 2.60. The first-order valence-corrected chi connectivity index (χ1v) is 9.99. The molecule has 12 heteroatoms. The number of sulfonamides is 1. The molecule has 148 valence electrons. The molecule has 0 spiro atoms. The molecule has 3 rings (SSSR count). The van der Waals surface area contributed by atoms with Crippen molar-refractivity contribution in [3.05, 3.63) is 53.8 Å². The minimum atomic E-state index is -4.54. The van der Waals surface area contributed by atoms with Crippen molar-refractivity contribution in [1.82, 2.24) is 0 Å². The van der Waals surface area contributed by atoms with Crippen LogP contribution in [-0.2, 0) is 21.0 Å². The van der Waals surface area contributed by atoms with Crippen LogP contribution in [0.2, 0.25) is 0 Å². The quantitative estimate of drug-likeness (QED) is 0.721. The van der Waals surface area contributed by atoms with Crippen molar-refractivity contribution in [2.24, 2.45) is 4.40 Å². The monoisotopic (exact) mass is 433 g/mol. The summed E-state index contributed by atoms with van der Waals surface area (Å²) in [4.78, 5) is 11.6. The highest BCUT2D eigenvalue weighted by Crippen LogP contribution is 2.31. The zero-order chi connectivity index (χ0) is 20.5. The third-order valence-corrected chi connectivity index (χ3v) is 5.79. The lowest BCUT2D eigenvalue weighted by atomic mass is 10.2. The molecule has 1 heterocycles. The number of rotatable bonds is 3. The van der Waals surface area contributed by atoms with Crippen LogP contribution in [0.1, 0.15) is 5.56 Å². The van der Waals surface area contributed by atoms with Gasteiger partial charge in [0.15, 0.2) is 5.17 Å². The Labute approximate surface area is 161 Å². The fraction of sp³-hybridized carbons (Fsp3) is 0.125. The number of hydrogen-bond acceptors (Lipinski definition) is 5. The number of carbonyl (C=O) groups is 1. The molecule has 28 heavy (non-hydrogen) atoms. The van der Waals surface area contributed by atoms with E-state index in [2.05, 4.69) is 15.0 Å². The van der Waals surface area contributed by atoms with Gasteiger partial charge in [-0.05, 0) is 36.4 Å². The molecule has 0 aliphatic carbocycles. The first-order valence-electron chi connectivity index (χ1n) is 7.56. The Bertz CT molecular complexity index is 1070. The Balaban J connectivity index is 1.66. The molecule has 0 fully saturated rings. The van der Waals surface area contributed by atoms with Crippen molar-refractivity contribution < 1.29 is 30.8 Å². The predicted molar refractivity (Wildman–Crippen MR) is 97.2 cm³/mol. The maximum absolute atomic E-state index is 13.2. The van der Waals surface area contributed by atoms with Crippen molar-refractivity contribution in [2.75, 3.05) is 16.4 Å². The number of alkyl halides is 3. The first kappa shape index (κ1) is 20.1. The molecule has 0 saturated carbocycles. The number of amidine groups is 1. The zero-order valence-corrected chi connectivity index (χ0v) is 15.4.